The van der Waals surface area contributed by atoms with Crippen molar-refractivity contribution >= 4 is 17.2 Å². The third-order valence-electron chi connectivity index (χ3n) is 2.92. The average molecular weight is 299 g/mol. The summed E-state index contributed by atoms with van der Waals surface area (Å²) in [7, 11) is 0. The Balaban J connectivity index is 1.98. The topological polar surface area (TPSA) is 49.3 Å². The lowest BCUT2D eigenvalue weighted by atomic mass is 10.1. The van der Waals surface area contributed by atoms with E-state index >= 15 is 0 Å². The summed E-state index contributed by atoms with van der Waals surface area (Å²) in [6, 6.07) is 9.68. The van der Waals surface area contributed by atoms with Gasteiger partial charge in [0.15, 0.2) is 0 Å². The van der Waals surface area contributed by atoms with Crippen molar-refractivity contribution in [3.8, 4) is 11.8 Å². The number of amides is 1. The Morgan fingerprint density at radius 3 is 2.95 bits per heavy atom. The molecule has 2 aromatic rings. The highest BCUT2D eigenvalue weighted by atomic mass is 32.1. The highest BCUT2D eigenvalue weighted by molar-refractivity contribution is 7.12. The molecule has 108 valence electrons. The van der Waals surface area contributed by atoms with Crippen molar-refractivity contribution in [1.82, 2.24) is 5.32 Å². The van der Waals surface area contributed by atoms with E-state index in [0.29, 0.717) is 13.0 Å². The summed E-state index contributed by atoms with van der Waals surface area (Å²) < 4.78 is 0. The van der Waals surface area contributed by atoms with Crippen molar-refractivity contribution in [2.45, 2.75) is 19.9 Å². The molecule has 0 saturated heterocycles. The normalized spacial score (nSPS) is 9.81. The molecule has 1 amide bonds. The van der Waals surface area contributed by atoms with Crippen LogP contribution < -0.4 is 5.32 Å². The number of hydrogen-bond acceptors (Lipinski definition) is 3. The molecular weight excluding hydrogens is 282 g/mol. The molecule has 4 heteroatoms. The fourth-order valence-electron chi connectivity index (χ4n) is 1.85. The second-order valence-corrected chi connectivity index (χ2v) is 5.51. The first kappa shape index (κ1) is 15.3. The fraction of sp³-hybridized carbons (Fsp3) is 0.235. The summed E-state index contributed by atoms with van der Waals surface area (Å²) in [5, 5.41) is 13.5. The largest absolute Gasteiger partial charge is 0.395 e. The van der Waals surface area contributed by atoms with Gasteiger partial charge in [-0.05, 0) is 41.6 Å². The molecule has 1 aromatic heterocycles. The fourth-order valence-corrected chi connectivity index (χ4v) is 2.69. The van der Waals surface area contributed by atoms with Crippen LogP contribution in [0, 0.1) is 18.8 Å². The number of aliphatic hydroxyl groups excluding tert-OH is 1. The van der Waals surface area contributed by atoms with E-state index in [1.165, 1.54) is 11.3 Å². The SMILES string of the molecule is Cc1ccsc1C(=O)NCc1cccc(C#CCCO)c1. The molecule has 2 N–H and O–H groups in total. The first-order chi connectivity index (χ1) is 10.2. The van der Waals surface area contributed by atoms with E-state index in [4.69, 9.17) is 5.11 Å². The van der Waals surface area contributed by atoms with E-state index in [1.807, 2.05) is 42.6 Å². The van der Waals surface area contributed by atoms with Crippen molar-refractivity contribution in [1.29, 1.82) is 0 Å². The summed E-state index contributed by atoms with van der Waals surface area (Å²) in [6.45, 7) is 2.48. The van der Waals surface area contributed by atoms with Crippen LogP contribution in [-0.2, 0) is 6.54 Å². The molecule has 0 aliphatic rings. The maximum Gasteiger partial charge on any atom is 0.261 e. The molecule has 2 rings (SSSR count). The molecule has 0 saturated carbocycles. The smallest absolute Gasteiger partial charge is 0.261 e. The number of rotatable bonds is 4. The Morgan fingerprint density at radius 1 is 1.38 bits per heavy atom. The van der Waals surface area contributed by atoms with Gasteiger partial charge in [0.25, 0.3) is 5.91 Å². The molecule has 1 aromatic carbocycles. The van der Waals surface area contributed by atoms with Gasteiger partial charge in [0.05, 0.1) is 11.5 Å². The molecule has 0 unspecified atom stereocenters. The summed E-state index contributed by atoms with van der Waals surface area (Å²) in [4.78, 5) is 12.8. The second-order valence-electron chi connectivity index (χ2n) is 4.59. The molecule has 21 heavy (non-hydrogen) atoms. The van der Waals surface area contributed by atoms with Gasteiger partial charge in [-0.1, -0.05) is 24.0 Å². The Bertz CT molecular complexity index is 679. The van der Waals surface area contributed by atoms with Crippen molar-refractivity contribution in [2.75, 3.05) is 6.61 Å². The summed E-state index contributed by atoms with van der Waals surface area (Å²) >= 11 is 1.45. The molecule has 0 aliphatic heterocycles. The predicted molar refractivity (Wildman–Crippen MR) is 85.2 cm³/mol. The van der Waals surface area contributed by atoms with Gasteiger partial charge in [-0.3, -0.25) is 4.79 Å². The zero-order chi connectivity index (χ0) is 15.1. The number of aryl methyl sites for hydroxylation is 1. The van der Waals surface area contributed by atoms with E-state index in [9.17, 15) is 4.79 Å². The lowest BCUT2D eigenvalue weighted by Gasteiger charge is -2.05. The molecule has 3 nitrogen and oxygen atoms in total. The summed E-state index contributed by atoms with van der Waals surface area (Å²) in [5.41, 5.74) is 2.90. The minimum Gasteiger partial charge on any atom is -0.395 e. The highest BCUT2D eigenvalue weighted by Crippen LogP contribution is 2.15. The standard InChI is InChI=1S/C17H17NO2S/c1-13-8-10-21-16(13)17(20)18-12-15-7-4-6-14(11-15)5-2-3-9-19/h4,6-8,10-11,19H,3,9,12H2,1H3,(H,18,20). The van der Waals surface area contributed by atoms with Gasteiger partial charge in [0.2, 0.25) is 0 Å². The Labute approximate surface area is 128 Å². The van der Waals surface area contributed by atoms with E-state index < -0.39 is 0 Å². The molecule has 1 heterocycles. The predicted octanol–water partition coefficient (Wildman–Crippen LogP) is 2.72. The van der Waals surface area contributed by atoms with Crippen LogP contribution in [-0.4, -0.2) is 17.6 Å². The quantitative estimate of drug-likeness (QED) is 0.853. The minimum atomic E-state index is -0.0423. The van der Waals surface area contributed by atoms with Gasteiger partial charge in [0.1, 0.15) is 0 Å². The zero-order valence-corrected chi connectivity index (χ0v) is 12.7. The van der Waals surface area contributed by atoms with Gasteiger partial charge >= 0.3 is 0 Å². The van der Waals surface area contributed by atoms with Crippen LogP contribution in [0.4, 0.5) is 0 Å². The van der Waals surface area contributed by atoms with Crippen molar-refractivity contribution in [3.63, 3.8) is 0 Å². The number of hydrogen-bond donors (Lipinski definition) is 2. The Morgan fingerprint density at radius 2 is 2.24 bits per heavy atom. The van der Waals surface area contributed by atoms with Crippen LogP contribution in [0.5, 0.6) is 0 Å². The van der Waals surface area contributed by atoms with E-state index in [2.05, 4.69) is 17.2 Å². The number of thiophene rings is 1. The minimum absolute atomic E-state index is 0.0423. The van der Waals surface area contributed by atoms with Crippen LogP contribution in [0.3, 0.4) is 0 Å². The third-order valence-corrected chi connectivity index (χ3v) is 3.93. The van der Waals surface area contributed by atoms with Gasteiger partial charge < -0.3 is 10.4 Å². The maximum atomic E-state index is 12.0. The molecular formula is C17H17NO2S. The van der Waals surface area contributed by atoms with E-state index in [0.717, 1.165) is 21.6 Å². The average Bonchev–Trinajstić information content (AvgIpc) is 2.92. The number of aliphatic hydroxyl groups is 1. The van der Waals surface area contributed by atoms with E-state index in [-0.39, 0.29) is 12.5 Å². The lowest BCUT2D eigenvalue weighted by molar-refractivity contribution is 0.0954. The summed E-state index contributed by atoms with van der Waals surface area (Å²) in [6.07, 6.45) is 0.471. The van der Waals surface area contributed by atoms with Gasteiger partial charge in [-0.25, -0.2) is 0 Å². The third kappa shape index (κ3) is 4.45. The molecule has 0 radical (unpaired) electrons. The van der Waals surface area contributed by atoms with Crippen molar-refractivity contribution < 1.29 is 9.90 Å². The molecule has 0 spiro atoms. The van der Waals surface area contributed by atoms with Crippen LogP contribution in [0.15, 0.2) is 35.7 Å². The number of benzene rings is 1. The Hall–Kier alpha value is -2.09. The van der Waals surface area contributed by atoms with Gasteiger partial charge in [0, 0.05) is 18.5 Å². The summed E-state index contributed by atoms with van der Waals surface area (Å²) in [5.74, 6) is 5.83. The van der Waals surface area contributed by atoms with Gasteiger partial charge in [-0.2, -0.15) is 0 Å². The number of carbonyl (C=O) groups excluding carboxylic acids is 1. The molecule has 0 aliphatic carbocycles. The van der Waals surface area contributed by atoms with E-state index in [1.54, 1.807) is 0 Å². The molecule has 0 atom stereocenters. The monoisotopic (exact) mass is 299 g/mol. The number of carbonyl (C=O) groups is 1. The van der Waals surface area contributed by atoms with Crippen molar-refractivity contribution in [2.24, 2.45) is 0 Å². The first-order valence-electron chi connectivity index (χ1n) is 6.71. The number of nitrogens with one attached hydrogen (secondary N) is 1. The first-order valence-corrected chi connectivity index (χ1v) is 7.59. The van der Waals surface area contributed by atoms with Crippen molar-refractivity contribution in [3.05, 3.63) is 57.3 Å². The van der Waals surface area contributed by atoms with Gasteiger partial charge in [-0.15, -0.1) is 11.3 Å². The maximum absolute atomic E-state index is 12.0. The molecule has 0 fully saturated rings. The van der Waals surface area contributed by atoms with Crippen LogP contribution >= 0.6 is 11.3 Å². The lowest BCUT2D eigenvalue weighted by Crippen LogP contribution is -2.22. The second kappa shape index (κ2) is 7.63. The molecule has 0 bridgehead atoms. The van der Waals surface area contributed by atoms with Crippen LogP contribution in [0.2, 0.25) is 0 Å². The highest BCUT2D eigenvalue weighted by Gasteiger charge is 2.09. The van der Waals surface area contributed by atoms with Crippen LogP contribution in [0.25, 0.3) is 0 Å². The zero-order valence-electron chi connectivity index (χ0n) is 11.8. The Kier molecular flexibility index (Phi) is 5.56. The van der Waals surface area contributed by atoms with Crippen LogP contribution in [0.1, 0.15) is 32.8 Å².